The molecule has 2 aromatic carbocycles. The van der Waals surface area contributed by atoms with Gasteiger partial charge in [-0.3, -0.25) is 4.99 Å². The van der Waals surface area contributed by atoms with E-state index in [1.807, 2.05) is 12.1 Å². The van der Waals surface area contributed by atoms with Crippen LogP contribution in [0, 0.1) is 11.7 Å². The number of rotatable bonds is 6. The second-order valence-corrected chi connectivity index (χ2v) is 6.23. The molecule has 3 nitrogen and oxygen atoms in total. The van der Waals surface area contributed by atoms with Crippen LogP contribution in [-0.2, 0) is 6.42 Å². The van der Waals surface area contributed by atoms with E-state index in [0.29, 0.717) is 24.8 Å². The summed E-state index contributed by atoms with van der Waals surface area (Å²) in [6, 6.07) is 17.6. The molecule has 0 radical (unpaired) electrons. The fourth-order valence-corrected chi connectivity index (χ4v) is 3.05. The van der Waals surface area contributed by atoms with E-state index in [4.69, 9.17) is 0 Å². The lowest BCUT2D eigenvalue weighted by Gasteiger charge is -2.12. The second kappa shape index (κ2) is 7.95. The van der Waals surface area contributed by atoms with Gasteiger partial charge in [0, 0.05) is 20.1 Å². The third kappa shape index (κ3) is 4.34. The van der Waals surface area contributed by atoms with Crippen molar-refractivity contribution >= 4 is 5.96 Å². The van der Waals surface area contributed by atoms with E-state index in [9.17, 15) is 4.39 Å². The number of aliphatic imine (C=N–C) groups is 1. The highest BCUT2D eigenvalue weighted by Crippen LogP contribution is 2.46. The summed E-state index contributed by atoms with van der Waals surface area (Å²) in [5, 5.41) is 6.63. The fourth-order valence-electron chi connectivity index (χ4n) is 3.05. The second-order valence-electron chi connectivity index (χ2n) is 6.23. The van der Waals surface area contributed by atoms with Crippen LogP contribution < -0.4 is 10.6 Å². The van der Waals surface area contributed by atoms with Crippen LogP contribution in [0.3, 0.4) is 0 Å². The summed E-state index contributed by atoms with van der Waals surface area (Å²) in [5.41, 5.74) is 2.15. The van der Waals surface area contributed by atoms with Gasteiger partial charge >= 0.3 is 0 Å². The van der Waals surface area contributed by atoms with Crippen LogP contribution in [0.4, 0.5) is 4.39 Å². The molecule has 1 aliphatic rings. The molecule has 2 unspecified atom stereocenters. The highest BCUT2D eigenvalue weighted by Gasteiger charge is 2.37. The lowest BCUT2D eigenvalue weighted by atomic mass is 10.1. The lowest BCUT2D eigenvalue weighted by Crippen LogP contribution is -2.39. The summed E-state index contributed by atoms with van der Waals surface area (Å²) in [7, 11) is 1.76. The average Bonchev–Trinajstić information content (AvgIpc) is 3.40. The molecule has 2 N–H and O–H groups in total. The monoisotopic (exact) mass is 325 g/mol. The van der Waals surface area contributed by atoms with Gasteiger partial charge in [-0.05, 0) is 41.9 Å². The van der Waals surface area contributed by atoms with Crippen LogP contribution in [0.25, 0.3) is 0 Å². The maximum Gasteiger partial charge on any atom is 0.190 e. The van der Waals surface area contributed by atoms with Crippen molar-refractivity contribution in [2.45, 2.75) is 18.8 Å². The molecule has 1 fully saturated rings. The zero-order chi connectivity index (χ0) is 16.8. The minimum atomic E-state index is -0.147. The molecule has 2 atom stereocenters. The van der Waals surface area contributed by atoms with E-state index in [2.05, 4.69) is 46.0 Å². The first-order valence-electron chi connectivity index (χ1n) is 8.51. The summed E-state index contributed by atoms with van der Waals surface area (Å²) >= 11 is 0. The molecule has 3 rings (SSSR count). The van der Waals surface area contributed by atoms with Gasteiger partial charge in [-0.1, -0.05) is 48.5 Å². The van der Waals surface area contributed by atoms with Gasteiger partial charge in [-0.2, -0.15) is 0 Å². The first-order chi connectivity index (χ1) is 11.8. The van der Waals surface area contributed by atoms with Crippen LogP contribution in [0.2, 0.25) is 0 Å². The lowest BCUT2D eigenvalue weighted by molar-refractivity contribution is 0.606. The summed E-state index contributed by atoms with van der Waals surface area (Å²) in [4.78, 5) is 4.24. The molecule has 24 heavy (non-hydrogen) atoms. The first-order valence-corrected chi connectivity index (χ1v) is 8.51. The quantitative estimate of drug-likeness (QED) is 0.631. The number of nitrogens with one attached hydrogen (secondary N) is 2. The van der Waals surface area contributed by atoms with Gasteiger partial charge in [0.1, 0.15) is 5.82 Å². The summed E-state index contributed by atoms with van der Waals surface area (Å²) < 4.78 is 13.6. The molecule has 0 aliphatic heterocycles. The van der Waals surface area contributed by atoms with Crippen LogP contribution >= 0.6 is 0 Å². The van der Waals surface area contributed by atoms with Gasteiger partial charge in [0.05, 0.1) is 0 Å². The molecule has 1 aliphatic carbocycles. The first kappa shape index (κ1) is 16.5. The Balaban J connectivity index is 1.39. The summed E-state index contributed by atoms with van der Waals surface area (Å²) in [6.45, 7) is 1.58. The van der Waals surface area contributed by atoms with Crippen molar-refractivity contribution in [1.82, 2.24) is 10.6 Å². The van der Waals surface area contributed by atoms with Crippen molar-refractivity contribution in [3.8, 4) is 0 Å². The zero-order valence-corrected chi connectivity index (χ0v) is 14.0. The van der Waals surface area contributed by atoms with Crippen LogP contribution in [0.15, 0.2) is 59.6 Å². The number of hydrogen-bond acceptors (Lipinski definition) is 1. The van der Waals surface area contributed by atoms with Gasteiger partial charge in [-0.25, -0.2) is 4.39 Å². The largest absolute Gasteiger partial charge is 0.356 e. The molecule has 1 saturated carbocycles. The molecule has 126 valence electrons. The number of guanidine groups is 1. The smallest absolute Gasteiger partial charge is 0.190 e. The Kier molecular flexibility index (Phi) is 5.47. The van der Waals surface area contributed by atoms with E-state index >= 15 is 0 Å². The number of hydrogen-bond donors (Lipinski definition) is 2. The molecule has 4 heteroatoms. The summed E-state index contributed by atoms with van der Waals surface area (Å²) in [6.07, 6.45) is 1.87. The predicted octanol–water partition coefficient (Wildman–Crippen LogP) is 3.34. The van der Waals surface area contributed by atoms with Crippen LogP contribution in [0.5, 0.6) is 0 Å². The standard InChI is InChI=1S/C20H24FN3/c1-22-20(23-12-11-16-9-5-6-10-19(16)21)24-14-17-13-18(17)15-7-3-2-4-8-15/h2-10,17-18H,11-14H2,1H3,(H2,22,23,24). The Morgan fingerprint density at radius 3 is 2.58 bits per heavy atom. The van der Waals surface area contributed by atoms with Crippen LogP contribution in [-0.4, -0.2) is 26.1 Å². The normalized spacial score (nSPS) is 19.8. The molecule has 0 bridgehead atoms. The van der Waals surface area contributed by atoms with Crippen molar-refractivity contribution in [2.75, 3.05) is 20.1 Å². The van der Waals surface area contributed by atoms with E-state index in [0.717, 1.165) is 18.1 Å². The number of halogens is 1. The molecule has 0 saturated heterocycles. The van der Waals surface area contributed by atoms with Gasteiger partial charge in [0.25, 0.3) is 0 Å². The predicted molar refractivity (Wildman–Crippen MR) is 96.8 cm³/mol. The van der Waals surface area contributed by atoms with E-state index in [-0.39, 0.29) is 5.82 Å². The van der Waals surface area contributed by atoms with Crippen molar-refractivity contribution in [3.05, 3.63) is 71.5 Å². The maximum absolute atomic E-state index is 13.6. The molecule has 0 heterocycles. The average molecular weight is 325 g/mol. The Labute approximate surface area is 143 Å². The minimum absolute atomic E-state index is 0.147. The van der Waals surface area contributed by atoms with Crippen LogP contribution in [0.1, 0.15) is 23.5 Å². The highest BCUT2D eigenvalue weighted by atomic mass is 19.1. The zero-order valence-electron chi connectivity index (χ0n) is 14.0. The van der Waals surface area contributed by atoms with Crippen molar-refractivity contribution < 1.29 is 4.39 Å². The maximum atomic E-state index is 13.6. The van der Waals surface area contributed by atoms with Crippen molar-refractivity contribution in [1.29, 1.82) is 0 Å². The summed E-state index contributed by atoms with van der Waals surface area (Å²) in [5.74, 6) is 1.96. The topological polar surface area (TPSA) is 36.4 Å². The molecular formula is C20H24FN3. The van der Waals surface area contributed by atoms with Crippen molar-refractivity contribution in [2.24, 2.45) is 10.9 Å². The number of nitrogens with zero attached hydrogens (tertiary/aromatic N) is 1. The Morgan fingerprint density at radius 1 is 1.08 bits per heavy atom. The third-order valence-electron chi connectivity index (χ3n) is 4.55. The van der Waals surface area contributed by atoms with Gasteiger partial charge in [-0.15, -0.1) is 0 Å². The fraction of sp³-hybridized carbons (Fsp3) is 0.350. The van der Waals surface area contributed by atoms with Gasteiger partial charge in [0.15, 0.2) is 5.96 Å². The molecule has 2 aromatic rings. The molecule has 0 spiro atoms. The minimum Gasteiger partial charge on any atom is -0.356 e. The third-order valence-corrected chi connectivity index (χ3v) is 4.55. The Hall–Kier alpha value is -2.36. The van der Waals surface area contributed by atoms with Gasteiger partial charge in [0.2, 0.25) is 0 Å². The molecule has 0 aromatic heterocycles. The number of benzene rings is 2. The van der Waals surface area contributed by atoms with E-state index in [1.54, 1.807) is 13.1 Å². The molecular weight excluding hydrogens is 301 g/mol. The van der Waals surface area contributed by atoms with Crippen molar-refractivity contribution in [3.63, 3.8) is 0 Å². The molecule has 0 amide bonds. The Morgan fingerprint density at radius 2 is 1.83 bits per heavy atom. The SMILES string of the molecule is CN=C(NCCc1ccccc1F)NCC1CC1c1ccccc1. The Bertz CT molecular complexity index is 684. The van der Waals surface area contributed by atoms with E-state index in [1.165, 1.54) is 18.1 Å². The van der Waals surface area contributed by atoms with E-state index < -0.39 is 0 Å². The highest BCUT2D eigenvalue weighted by molar-refractivity contribution is 5.79. The van der Waals surface area contributed by atoms with Gasteiger partial charge < -0.3 is 10.6 Å².